The van der Waals surface area contributed by atoms with Crippen LogP contribution in [0, 0.1) is 5.92 Å². The van der Waals surface area contributed by atoms with Gasteiger partial charge in [0.2, 0.25) is 11.8 Å². The molecule has 1 aromatic rings. The van der Waals surface area contributed by atoms with Crippen molar-refractivity contribution in [3.05, 3.63) is 24.2 Å². The van der Waals surface area contributed by atoms with Crippen LogP contribution in [0.2, 0.25) is 0 Å². The molecular weight excluding hydrogens is 276 g/mol. The van der Waals surface area contributed by atoms with Gasteiger partial charge in [0.15, 0.2) is 0 Å². The summed E-state index contributed by atoms with van der Waals surface area (Å²) in [6.45, 7) is 2.30. The Balaban J connectivity index is 1.86. The van der Waals surface area contributed by atoms with Crippen molar-refractivity contribution < 1.29 is 23.9 Å². The second kappa shape index (κ2) is 6.43. The number of carboxylic acids is 1. The Bertz CT molecular complexity index is 525. The third kappa shape index (κ3) is 4.08. The maximum Gasteiger partial charge on any atom is 0.305 e. The minimum atomic E-state index is -0.968. The van der Waals surface area contributed by atoms with E-state index in [1.54, 1.807) is 24.0 Å². The first-order valence-corrected chi connectivity index (χ1v) is 6.78. The van der Waals surface area contributed by atoms with Crippen LogP contribution in [0.3, 0.4) is 0 Å². The highest BCUT2D eigenvalue weighted by atomic mass is 16.4. The Morgan fingerprint density at radius 2 is 2.33 bits per heavy atom. The molecule has 0 bridgehead atoms. The lowest BCUT2D eigenvalue weighted by molar-refractivity contribution is -0.137. The van der Waals surface area contributed by atoms with Crippen LogP contribution in [0.15, 0.2) is 22.8 Å². The molecule has 1 aliphatic heterocycles. The second-order valence-electron chi connectivity index (χ2n) is 5.26. The maximum absolute atomic E-state index is 12.0. The zero-order chi connectivity index (χ0) is 15.4. The third-order valence-corrected chi connectivity index (χ3v) is 3.38. The minimum Gasteiger partial charge on any atom is -0.481 e. The van der Waals surface area contributed by atoms with Gasteiger partial charge in [0.05, 0.1) is 25.1 Å². The number of amides is 2. The molecule has 1 fully saturated rings. The Labute approximate surface area is 121 Å². The molecule has 1 saturated heterocycles. The van der Waals surface area contributed by atoms with Crippen molar-refractivity contribution >= 4 is 17.8 Å². The smallest absolute Gasteiger partial charge is 0.305 e. The van der Waals surface area contributed by atoms with Gasteiger partial charge in [0.1, 0.15) is 5.76 Å². The van der Waals surface area contributed by atoms with Crippen LogP contribution in [0.4, 0.5) is 0 Å². The SMILES string of the molecule is CC(CC(=O)O)NC(=O)C1CC(=O)N(Cc2ccco2)C1. The van der Waals surface area contributed by atoms with Crippen molar-refractivity contribution in [1.82, 2.24) is 10.2 Å². The molecule has 2 heterocycles. The molecule has 0 aliphatic carbocycles. The molecule has 21 heavy (non-hydrogen) atoms. The second-order valence-corrected chi connectivity index (χ2v) is 5.26. The van der Waals surface area contributed by atoms with Gasteiger partial charge in [-0.3, -0.25) is 14.4 Å². The highest BCUT2D eigenvalue weighted by molar-refractivity contribution is 5.89. The van der Waals surface area contributed by atoms with E-state index in [-0.39, 0.29) is 24.7 Å². The van der Waals surface area contributed by atoms with Gasteiger partial charge in [0, 0.05) is 19.0 Å². The highest BCUT2D eigenvalue weighted by Crippen LogP contribution is 2.20. The molecule has 1 aromatic heterocycles. The zero-order valence-corrected chi connectivity index (χ0v) is 11.7. The van der Waals surface area contributed by atoms with Gasteiger partial charge in [-0.15, -0.1) is 0 Å². The average molecular weight is 294 g/mol. The molecule has 0 spiro atoms. The van der Waals surface area contributed by atoms with Gasteiger partial charge in [0.25, 0.3) is 0 Å². The van der Waals surface area contributed by atoms with Crippen LogP contribution in [0.1, 0.15) is 25.5 Å². The minimum absolute atomic E-state index is 0.0996. The monoisotopic (exact) mass is 294 g/mol. The van der Waals surface area contributed by atoms with Crippen LogP contribution >= 0.6 is 0 Å². The van der Waals surface area contributed by atoms with E-state index in [2.05, 4.69) is 5.32 Å². The number of nitrogens with one attached hydrogen (secondary N) is 1. The van der Waals surface area contributed by atoms with E-state index in [0.717, 1.165) is 0 Å². The van der Waals surface area contributed by atoms with Gasteiger partial charge in [-0.1, -0.05) is 0 Å². The number of likely N-dealkylation sites (tertiary alicyclic amines) is 1. The maximum atomic E-state index is 12.0. The Morgan fingerprint density at radius 1 is 1.57 bits per heavy atom. The van der Waals surface area contributed by atoms with Crippen molar-refractivity contribution in [2.45, 2.75) is 32.4 Å². The number of furan rings is 1. The molecule has 2 N–H and O–H groups in total. The van der Waals surface area contributed by atoms with Crippen LogP contribution < -0.4 is 5.32 Å². The Hall–Kier alpha value is -2.31. The molecule has 0 aromatic carbocycles. The summed E-state index contributed by atoms with van der Waals surface area (Å²) >= 11 is 0. The summed E-state index contributed by atoms with van der Waals surface area (Å²) in [5.41, 5.74) is 0. The number of aliphatic carboxylic acids is 1. The van der Waals surface area contributed by atoms with E-state index in [1.807, 2.05) is 0 Å². The van der Waals surface area contributed by atoms with Crippen molar-refractivity contribution in [2.24, 2.45) is 5.92 Å². The molecule has 7 nitrogen and oxygen atoms in total. The van der Waals surface area contributed by atoms with E-state index < -0.39 is 17.9 Å². The number of rotatable bonds is 6. The summed E-state index contributed by atoms with van der Waals surface area (Å²) in [4.78, 5) is 36.1. The molecule has 2 unspecified atom stereocenters. The Morgan fingerprint density at radius 3 is 2.95 bits per heavy atom. The van der Waals surface area contributed by atoms with E-state index in [9.17, 15) is 14.4 Å². The van der Waals surface area contributed by atoms with Gasteiger partial charge >= 0.3 is 5.97 Å². The number of carbonyl (C=O) groups is 3. The highest BCUT2D eigenvalue weighted by Gasteiger charge is 2.35. The van der Waals surface area contributed by atoms with E-state index >= 15 is 0 Å². The molecule has 0 radical (unpaired) electrons. The van der Waals surface area contributed by atoms with Crippen molar-refractivity contribution in [1.29, 1.82) is 0 Å². The number of hydrogen-bond donors (Lipinski definition) is 2. The summed E-state index contributed by atoms with van der Waals surface area (Å²) in [6.07, 6.45) is 1.54. The number of nitrogens with zero attached hydrogens (tertiary/aromatic N) is 1. The molecule has 114 valence electrons. The van der Waals surface area contributed by atoms with Gasteiger partial charge < -0.3 is 19.7 Å². The lowest BCUT2D eigenvalue weighted by atomic mass is 10.1. The van der Waals surface area contributed by atoms with Crippen molar-refractivity contribution in [3.63, 3.8) is 0 Å². The fourth-order valence-electron chi connectivity index (χ4n) is 2.36. The topological polar surface area (TPSA) is 99.8 Å². The predicted octanol–water partition coefficient (Wildman–Crippen LogP) is 0.608. The van der Waals surface area contributed by atoms with Crippen molar-refractivity contribution in [2.75, 3.05) is 6.54 Å². The normalized spacial score (nSPS) is 19.6. The first-order chi connectivity index (χ1) is 9.95. The molecular formula is C14H18N2O5. The first-order valence-electron chi connectivity index (χ1n) is 6.78. The van der Waals surface area contributed by atoms with Crippen LogP contribution in [-0.4, -0.2) is 40.4 Å². The van der Waals surface area contributed by atoms with Crippen LogP contribution in [0.25, 0.3) is 0 Å². The molecule has 0 saturated carbocycles. The van der Waals surface area contributed by atoms with Crippen molar-refractivity contribution in [3.8, 4) is 0 Å². The zero-order valence-electron chi connectivity index (χ0n) is 11.7. The summed E-state index contributed by atoms with van der Waals surface area (Å²) in [7, 11) is 0. The fraction of sp³-hybridized carbons (Fsp3) is 0.500. The number of carboxylic acid groups (broad SMARTS) is 1. The summed E-state index contributed by atoms with van der Waals surface area (Å²) in [5.74, 6) is -1.12. The molecule has 2 atom stereocenters. The average Bonchev–Trinajstić information content (AvgIpc) is 2.99. The predicted molar refractivity (Wildman–Crippen MR) is 72.1 cm³/mol. The van der Waals surface area contributed by atoms with E-state index in [4.69, 9.17) is 9.52 Å². The lowest BCUT2D eigenvalue weighted by Crippen LogP contribution is -2.39. The summed E-state index contributed by atoms with van der Waals surface area (Å²) in [6, 6.07) is 3.06. The standard InChI is InChI=1S/C14H18N2O5/c1-9(5-13(18)19)15-14(20)10-6-12(17)16(7-10)8-11-3-2-4-21-11/h2-4,9-10H,5-8H2,1H3,(H,15,20)(H,18,19). The quantitative estimate of drug-likeness (QED) is 0.800. The van der Waals surface area contributed by atoms with E-state index in [1.165, 1.54) is 6.26 Å². The Kier molecular flexibility index (Phi) is 4.62. The van der Waals surface area contributed by atoms with Gasteiger partial charge in [-0.25, -0.2) is 0 Å². The molecule has 1 aliphatic rings. The van der Waals surface area contributed by atoms with Gasteiger partial charge in [-0.05, 0) is 19.1 Å². The van der Waals surface area contributed by atoms with Gasteiger partial charge in [-0.2, -0.15) is 0 Å². The van der Waals surface area contributed by atoms with E-state index in [0.29, 0.717) is 18.8 Å². The first kappa shape index (κ1) is 15.1. The lowest BCUT2D eigenvalue weighted by Gasteiger charge is -2.17. The van der Waals surface area contributed by atoms with Crippen LogP contribution in [0.5, 0.6) is 0 Å². The molecule has 2 amide bonds. The third-order valence-electron chi connectivity index (χ3n) is 3.38. The molecule has 7 heteroatoms. The fourth-order valence-corrected chi connectivity index (χ4v) is 2.36. The molecule has 2 rings (SSSR count). The summed E-state index contributed by atoms with van der Waals surface area (Å²) < 4.78 is 5.19. The number of hydrogen-bond acceptors (Lipinski definition) is 4. The summed E-state index contributed by atoms with van der Waals surface area (Å²) in [5, 5.41) is 11.3. The number of carbonyl (C=O) groups excluding carboxylic acids is 2. The van der Waals surface area contributed by atoms with Crippen LogP contribution in [-0.2, 0) is 20.9 Å². The largest absolute Gasteiger partial charge is 0.481 e.